The molecule has 0 unspecified atom stereocenters. The van der Waals surface area contributed by atoms with Crippen LogP contribution in [-0.2, 0) is 16.6 Å². The molecule has 0 radical (unpaired) electrons. The molecule has 0 saturated carbocycles. The monoisotopic (exact) mass is 465 g/mol. The van der Waals surface area contributed by atoms with Crippen LogP contribution in [0.3, 0.4) is 0 Å². The molecule has 1 aliphatic rings. The minimum Gasteiger partial charge on any atom is -0.295 e. The molecule has 1 aliphatic heterocycles. The maximum Gasteiger partial charge on any atom is 0.331 e. The molecule has 2 amide bonds. The average Bonchev–Trinajstić information content (AvgIpc) is 3.27. The lowest BCUT2D eigenvalue weighted by atomic mass is 10.00. The van der Waals surface area contributed by atoms with Crippen molar-refractivity contribution in [1.82, 2.24) is 9.78 Å². The number of benzene rings is 2. The third kappa shape index (κ3) is 3.61. The van der Waals surface area contributed by atoms with Crippen LogP contribution in [-0.4, -0.2) is 21.6 Å². The van der Waals surface area contributed by atoms with Gasteiger partial charge < -0.3 is 0 Å². The number of aromatic nitrogens is 3. The molecule has 0 fully saturated rings. The van der Waals surface area contributed by atoms with Gasteiger partial charge >= 0.3 is 5.91 Å². The van der Waals surface area contributed by atoms with Crippen molar-refractivity contribution < 1.29 is 14.2 Å². The number of carbonyl (C=O) groups excluding carboxylic acids is 2. The van der Waals surface area contributed by atoms with Crippen LogP contribution in [0.15, 0.2) is 77.9 Å². The lowest BCUT2D eigenvalue weighted by Gasteiger charge is -2.14. The Morgan fingerprint density at radius 2 is 1.57 bits per heavy atom. The maximum absolute atomic E-state index is 14.0. The summed E-state index contributed by atoms with van der Waals surface area (Å²) in [6, 6.07) is 18.4. The Bertz CT molecular complexity index is 1590. The smallest absolute Gasteiger partial charge is 0.295 e. The van der Waals surface area contributed by atoms with Crippen molar-refractivity contribution in [1.29, 1.82) is 0 Å². The van der Waals surface area contributed by atoms with Gasteiger partial charge in [-0.1, -0.05) is 42.5 Å². The van der Waals surface area contributed by atoms with Crippen LogP contribution in [0.25, 0.3) is 22.5 Å². The second-order valence-corrected chi connectivity index (χ2v) is 8.82. The predicted molar refractivity (Wildman–Crippen MR) is 134 cm³/mol. The van der Waals surface area contributed by atoms with Gasteiger partial charge in [0.1, 0.15) is 5.57 Å². The summed E-state index contributed by atoms with van der Waals surface area (Å²) in [7, 11) is 1.60. The van der Waals surface area contributed by atoms with Gasteiger partial charge in [-0.05, 0) is 44.0 Å². The van der Waals surface area contributed by atoms with Crippen LogP contribution >= 0.6 is 0 Å². The Morgan fingerprint density at radius 3 is 2.26 bits per heavy atom. The summed E-state index contributed by atoms with van der Waals surface area (Å²) in [4.78, 5) is 42.4. The molecular weight excluding hydrogens is 440 g/mol. The normalized spacial score (nSPS) is 13.8. The number of hydrogen-bond acceptors (Lipinski definition) is 3. The first-order valence-electron chi connectivity index (χ1n) is 11.3. The highest BCUT2D eigenvalue weighted by molar-refractivity contribution is 6.53. The summed E-state index contributed by atoms with van der Waals surface area (Å²) in [5.41, 5.74) is 4.63. The van der Waals surface area contributed by atoms with E-state index in [0.29, 0.717) is 11.4 Å². The molecule has 174 valence electrons. The summed E-state index contributed by atoms with van der Waals surface area (Å²) in [5.74, 6) is -1.01. The molecule has 1 N–H and O–H groups in total. The van der Waals surface area contributed by atoms with Crippen molar-refractivity contribution >= 4 is 28.8 Å². The third-order valence-corrected chi connectivity index (χ3v) is 6.38. The van der Waals surface area contributed by atoms with Crippen LogP contribution in [0.4, 0.5) is 5.69 Å². The first-order chi connectivity index (χ1) is 16.8. The molecular formula is C28H25N4O3+. The van der Waals surface area contributed by atoms with Crippen molar-refractivity contribution in [2.45, 2.75) is 20.8 Å². The number of hydrogen-bond donors (Lipinski definition) is 1. The molecule has 7 nitrogen and oxygen atoms in total. The van der Waals surface area contributed by atoms with E-state index >= 15 is 0 Å². The number of carbonyl (C=O) groups is 2. The maximum atomic E-state index is 14.0. The van der Waals surface area contributed by atoms with Crippen molar-refractivity contribution in [3.05, 3.63) is 106 Å². The Hall–Kier alpha value is -4.52. The number of nitrogens with one attached hydrogen (secondary N) is 1. The van der Waals surface area contributed by atoms with E-state index < -0.39 is 11.8 Å². The number of amides is 2. The lowest BCUT2D eigenvalue weighted by molar-refractivity contribution is -0.577. The van der Waals surface area contributed by atoms with E-state index in [1.807, 2.05) is 69.4 Å². The Morgan fingerprint density at radius 1 is 0.829 bits per heavy atom. The van der Waals surface area contributed by atoms with Crippen LogP contribution < -0.4 is 15.0 Å². The highest BCUT2D eigenvalue weighted by Crippen LogP contribution is 2.36. The fraction of sp³-hybridized carbons (Fsp3) is 0.143. The zero-order valence-electron chi connectivity index (χ0n) is 20.0. The Balaban J connectivity index is 1.83. The van der Waals surface area contributed by atoms with E-state index in [9.17, 15) is 14.4 Å². The molecule has 0 atom stereocenters. The van der Waals surface area contributed by atoms with Gasteiger partial charge in [0.15, 0.2) is 12.4 Å². The first-order valence-corrected chi connectivity index (χ1v) is 11.3. The minimum absolute atomic E-state index is 0.0745. The van der Waals surface area contributed by atoms with Gasteiger partial charge in [0, 0.05) is 24.2 Å². The summed E-state index contributed by atoms with van der Waals surface area (Å²) in [6.45, 7) is 5.82. The van der Waals surface area contributed by atoms with E-state index in [2.05, 4.69) is 5.10 Å². The first kappa shape index (κ1) is 22.3. The summed E-state index contributed by atoms with van der Waals surface area (Å²) in [6.07, 6.45) is 3.57. The second kappa shape index (κ2) is 8.36. The van der Waals surface area contributed by atoms with Crippen molar-refractivity contribution in [2.24, 2.45) is 7.05 Å². The Kier molecular flexibility index (Phi) is 5.32. The van der Waals surface area contributed by atoms with Crippen LogP contribution in [0.5, 0.6) is 0 Å². The number of nitrogens with zero attached hydrogens (tertiary/aromatic N) is 3. The van der Waals surface area contributed by atoms with Gasteiger partial charge in [0.2, 0.25) is 0 Å². The molecule has 0 aliphatic carbocycles. The molecule has 3 heterocycles. The zero-order valence-corrected chi connectivity index (χ0v) is 20.0. The van der Waals surface area contributed by atoms with E-state index in [-0.39, 0.29) is 22.4 Å². The third-order valence-electron chi connectivity index (χ3n) is 6.38. The second-order valence-electron chi connectivity index (χ2n) is 8.82. The molecule has 5 rings (SSSR count). The largest absolute Gasteiger partial charge is 0.331 e. The Labute approximate surface area is 202 Å². The molecule has 0 spiro atoms. The van der Waals surface area contributed by atoms with Crippen molar-refractivity contribution in [3.63, 3.8) is 0 Å². The topological polar surface area (TPSA) is 79.1 Å². The number of anilines is 1. The minimum atomic E-state index is -0.532. The molecule has 2 aromatic carbocycles. The molecule has 0 saturated heterocycles. The highest BCUT2D eigenvalue weighted by Gasteiger charge is 2.48. The van der Waals surface area contributed by atoms with Crippen molar-refractivity contribution in [3.8, 4) is 11.3 Å². The lowest BCUT2D eigenvalue weighted by Crippen LogP contribution is -2.40. The standard InChI is InChI=1S/C28H24N4O3/c1-17-9-8-12-21(15-17)32-27(34)23(25(28(32)35)31-14-13-18(2)19(3)16-31)22-24(29-30(4)26(22)33)20-10-6-5-7-11-20/h5-16H,1-4H3/p+1. The fourth-order valence-electron chi connectivity index (χ4n) is 4.40. The summed E-state index contributed by atoms with van der Waals surface area (Å²) < 4.78 is 2.98. The molecule has 35 heavy (non-hydrogen) atoms. The number of pyridine rings is 1. The van der Waals surface area contributed by atoms with E-state index in [0.717, 1.165) is 27.2 Å². The fourth-order valence-corrected chi connectivity index (χ4v) is 4.40. The zero-order chi connectivity index (χ0) is 24.9. The van der Waals surface area contributed by atoms with Crippen LogP contribution in [0.2, 0.25) is 0 Å². The van der Waals surface area contributed by atoms with Gasteiger partial charge in [-0.15, -0.1) is 0 Å². The van der Waals surface area contributed by atoms with E-state index in [1.54, 1.807) is 36.0 Å². The van der Waals surface area contributed by atoms with Gasteiger partial charge in [-0.3, -0.25) is 24.2 Å². The highest BCUT2D eigenvalue weighted by atomic mass is 16.2. The number of rotatable bonds is 4. The van der Waals surface area contributed by atoms with Gasteiger partial charge in [-0.2, -0.15) is 4.57 Å². The van der Waals surface area contributed by atoms with E-state index in [4.69, 9.17) is 0 Å². The summed E-state index contributed by atoms with van der Waals surface area (Å²) >= 11 is 0. The molecule has 7 heteroatoms. The molecule has 2 aromatic heterocycles. The quantitative estimate of drug-likeness (QED) is 0.370. The predicted octanol–water partition coefficient (Wildman–Crippen LogP) is 3.53. The SMILES string of the molecule is Cc1cccc(N2C(=O)C(c3c(-c4ccccc4)[nH]n(C)c3=O)=C([n+]3ccc(C)c(C)c3)C2=O)c1. The van der Waals surface area contributed by atoms with Gasteiger partial charge in [0.05, 0.1) is 16.9 Å². The van der Waals surface area contributed by atoms with Gasteiger partial charge in [-0.25, -0.2) is 4.90 Å². The van der Waals surface area contributed by atoms with E-state index in [1.165, 1.54) is 4.68 Å². The van der Waals surface area contributed by atoms with Crippen LogP contribution in [0, 0.1) is 20.8 Å². The van der Waals surface area contributed by atoms with Crippen molar-refractivity contribution in [2.75, 3.05) is 4.90 Å². The van der Waals surface area contributed by atoms with Crippen LogP contribution in [0.1, 0.15) is 22.3 Å². The average molecular weight is 466 g/mol. The van der Waals surface area contributed by atoms with Gasteiger partial charge in [0.25, 0.3) is 17.2 Å². The number of aromatic amines is 1. The molecule has 4 aromatic rings. The number of aryl methyl sites for hydroxylation is 4. The number of imide groups is 1. The molecule has 0 bridgehead atoms. The number of H-pyrrole nitrogens is 1. The summed E-state index contributed by atoms with van der Waals surface area (Å²) in [5, 5.41) is 3.08.